The number of benzene rings is 1. The molecular weight excluding hydrogens is 262 g/mol. The third kappa shape index (κ3) is 1.55. The van der Waals surface area contributed by atoms with E-state index in [1.54, 1.807) is 4.90 Å². The van der Waals surface area contributed by atoms with Gasteiger partial charge in [0.25, 0.3) is 0 Å². The number of hydrogen-bond donors (Lipinski definition) is 0. The van der Waals surface area contributed by atoms with Crippen molar-refractivity contribution in [3.05, 3.63) is 30.3 Å². The largest absolute Gasteiger partial charge is 0.315 e. The molecule has 2 fully saturated rings. The molecule has 1 aromatic carbocycles. The van der Waals surface area contributed by atoms with Crippen molar-refractivity contribution in [3.63, 3.8) is 0 Å². The van der Waals surface area contributed by atoms with Gasteiger partial charge < -0.3 is 4.90 Å². The normalized spacial score (nSPS) is 33.2. The van der Waals surface area contributed by atoms with E-state index in [0.29, 0.717) is 6.42 Å². The highest BCUT2D eigenvalue weighted by Gasteiger charge is 2.72. The van der Waals surface area contributed by atoms with Crippen LogP contribution >= 0.6 is 0 Å². The first-order chi connectivity index (χ1) is 9.76. The predicted octanol–water partition coefficient (Wildman–Crippen LogP) is 3.43. The second-order valence-electron chi connectivity index (χ2n) is 7.34. The molecular formula is C18H23NO2. The molecule has 0 saturated heterocycles. The van der Waals surface area contributed by atoms with Crippen LogP contribution in [-0.4, -0.2) is 18.7 Å². The average Bonchev–Trinajstić information content (AvgIpc) is 2.77. The number of Topliss-reactive ketones (excluding diaryl/α,β-unsaturated/α-hetero) is 1. The number of rotatable bonds is 2. The first-order valence-electron chi connectivity index (χ1n) is 7.63. The first kappa shape index (κ1) is 14.3. The molecule has 0 N–H and O–H groups in total. The Balaban J connectivity index is 2.01. The van der Waals surface area contributed by atoms with Crippen LogP contribution in [0.3, 0.4) is 0 Å². The van der Waals surface area contributed by atoms with Crippen LogP contribution in [0, 0.1) is 16.2 Å². The number of ketones is 1. The van der Waals surface area contributed by atoms with Crippen molar-refractivity contribution in [1.29, 1.82) is 0 Å². The van der Waals surface area contributed by atoms with Crippen molar-refractivity contribution < 1.29 is 9.59 Å². The number of hydrogen-bond acceptors (Lipinski definition) is 2. The minimum atomic E-state index is -0.538. The summed E-state index contributed by atoms with van der Waals surface area (Å²) in [7, 11) is 1.82. The number of nitrogens with zero attached hydrogens (tertiary/aromatic N) is 1. The van der Waals surface area contributed by atoms with Crippen molar-refractivity contribution in [3.8, 4) is 0 Å². The molecule has 21 heavy (non-hydrogen) atoms. The highest BCUT2D eigenvalue weighted by Crippen LogP contribution is 2.71. The van der Waals surface area contributed by atoms with Gasteiger partial charge in [-0.1, -0.05) is 39.0 Å². The lowest BCUT2D eigenvalue weighted by Crippen LogP contribution is -2.47. The molecule has 2 aliphatic carbocycles. The summed E-state index contributed by atoms with van der Waals surface area (Å²) in [5.41, 5.74) is -0.276. The summed E-state index contributed by atoms with van der Waals surface area (Å²) < 4.78 is 0. The van der Waals surface area contributed by atoms with Crippen molar-refractivity contribution >= 4 is 17.4 Å². The number of carbonyl (C=O) groups is 2. The van der Waals surface area contributed by atoms with Crippen molar-refractivity contribution in [2.24, 2.45) is 16.2 Å². The standard InChI is InChI=1S/C18H23NO2/c1-16(2)17(3)10-11-18(16,12-14(17)20)15(21)19(4)13-8-6-5-7-9-13/h5-9H,10-12H2,1-4H3. The lowest BCUT2D eigenvalue weighted by atomic mass is 9.64. The second-order valence-corrected chi connectivity index (χ2v) is 7.34. The predicted molar refractivity (Wildman–Crippen MR) is 83.0 cm³/mol. The van der Waals surface area contributed by atoms with E-state index in [4.69, 9.17) is 0 Å². The molecule has 2 saturated carbocycles. The maximum absolute atomic E-state index is 13.2. The van der Waals surface area contributed by atoms with Gasteiger partial charge in [-0.05, 0) is 30.4 Å². The molecule has 1 aromatic rings. The highest BCUT2D eigenvalue weighted by molar-refractivity contribution is 6.05. The Morgan fingerprint density at radius 3 is 2.19 bits per heavy atom. The molecule has 2 atom stereocenters. The van der Waals surface area contributed by atoms with Gasteiger partial charge in [-0.25, -0.2) is 0 Å². The van der Waals surface area contributed by atoms with Gasteiger partial charge in [-0.15, -0.1) is 0 Å². The van der Waals surface area contributed by atoms with E-state index in [2.05, 4.69) is 13.8 Å². The van der Waals surface area contributed by atoms with Crippen LogP contribution in [0.15, 0.2) is 30.3 Å². The van der Waals surface area contributed by atoms with Crippen LogP contribution in [0.25, 0.3) is 0 Å². The quantitative estimate of drug-likeness (QED) is 0.834. The van der Waals surface area contributed by atoms with Crippen LogP contribution in [0.1, 0.15) is 40.0 Å². The van der Waals surface area contributed by atoms with E-state index in [-0.39, 0.29) is 22.5 Å². The Morgan fingerprint density at radius 1 is 1.10 bits per heavy atom. The molecule has 0 aliphatic heterocycles. The van der Waals surface area contributed by atoms with E-state index in [1.165, 1.54) is 0 Å². The first-order valence-corrected chi connectivity index (χ1v) is 7.63. The van der Waals surface area contributed by atoms with Crippen molar-refractivity contribution in [2.75, 3.05) is 11.9 Å². The molecule has 3 heteroatoms. The Morgan fingerprint density at radius 2 is 1.71 bits per heavy atom. The molecule has 112 valence electrons. The van der Waals surface area contributed by atoms with Gasteiger partial charge >= 0.3 is 0 Å². The van der Waals surface area contributed by atoms with E-state index < -0.39 is 5.41 Å². The molecule has 0 heterocycles. The molecule has 2 bridgehead atoms. The molecule has 1 amide bonds. The fourth-order valence-corrected chi connectivity index (χ4v) is 4.42. The molecule has 0 aromatic heterocycles. The zero-order valence-electron chi connectivity index (χ0n) is 13.3. The fraction of sp³-hybridized carbons (Fsp3) is 0.556. The second kappa shape index (κ2) is 4.19. The fourth-order valence-electron chi connectivity index (χ4n) is 4.42. The summed E-state index contributed by atoms with van der Waals surface area (Å²) in [4.78, 5) is 27.4. The molecule has 3 rings (SSSR count). The van der Waals surface area contributed by atoms with Gasteiger partial charge in [0.15, 0.2) is 0 Å². The van der Waals surface area contributed by atoms with E-state index in [9.17, 15) is 9.59 Å². The Bertz CT molecular complexity index is 607. The van der Waals surface area contributed by atoms with Crippen LogP contribution in [0.2, 0.25) is 0 Å². The SMILES string of the molecule is CN(C(=O)C12CCC(C)(C(=O)C1)C2(C)C)c1ccccc1. The topological polar surface area (TPSA) is 37.4 Å². The third-order valence-electron chi connectivity index (χ3n) is 6.56. The third-order valence-corrected chi connectivity index (χ3v) is 6.56. The summed E-state index contributed by atoms with van der Waals surface area (Å²) >= 11 is 0. The minimum absolute atomic E-state index is 0.0910. The zero-order valence-corrected chi connectivity index (χ0v) is 13.3. The Labute approximate surface area is 126 Å². The molecule has 0 radical (unpaired) electrons. The summed E-state index contributed by atoms with van der Waals surface area (Å²) in [5, 5.41) is 0. The summed E-state index contributed by atoms with van der Waals surface area (Å²) in [5.74, 6) is 0.349. The summed E-state index contributed by atoms with van der Waals surface area (Å²) in [6.45, 7) is 6.24. The van der Waals surface area contributed by atoms with Gasteiger partial charge in [0.05, 0.1) is 5.41 Å². The van der Waals surface area contributed by atoms with Crippen LogP contribution in [-0.2, 0) is 9.59 Å². The summed E-state index contributed by atoms with van der Waals surface area (Å²) in [6.07, 6.45) is 2.04. The summed E-state index contributed by atoms with van der Waals surface area (Å²) in [6, 6.07) is 9.68. The smallest absolute Gasteiger partial charge is 0.233 e. The molecule has 0 spiro atoms. The highest BCUT2D eigenvalue weighted by atomic mass is 16.2. The maximum Gasteiger partial charge on any atom is 0.233 e. The van der Waals surface area contributed by atoms with Gasteiger partial charge in [0.2, 0.25) is 5.91 Å². The Kier molecular flexibility index (Phi) is 2.85. The van der Waals surface area contributed by atoms with Gasteiger partial charge in [-0.3, -0.25) is 9.59 Å². The van der Waals surface area contributed by atoms with Crippen LogP contribution < -0.4 is 4.90 Å². The van der Waals surface area contributed by atoms with Crippen molar-refractivity contribution in [1.82, 2.24) is 0 Å². The van der Waals surface area contributed by atoms with Crippen molar-refractivity contribution in [2.45, 2.75) is 40.0 Å². The number of anilines is 1. The number of carbonyl (C=O) groups excluding carboxylic acids is 2. The number of para-hydroxylation sites is 1. The lowest BCUT2D eigenvalue weighted by molar-refractivity contribution is -0.133. The van der Waals surface area contributed by atoms with Crippen LogP contribution in [0.5, 0.6) is 0 Å². The Hall–Kier alpha value is -1.64. The molecule has 2 aliphatic rings. The van der Waals surface area contributed by atoms with Gasteiger partial charge in [0.1, 0.15) is 5.78 Å². The molecule has 3 nitrogen and oxygen atoms in total. The van der Waals surface area contributed by atoms with Crippen LogP contribution in [0.4, 0.5) is 5.69 Å². The van der Waals surface area contributed by atoms with Gasteiger partial charge in [0, 0.05) is 24.6 Å². The van der Waals surface area contributed by atoms with E-state index in [1.807, 2.05) is 44.3 Å². The number of fused-ring (bicyclic) bond motifs is 2. The number of amides is 1. The monoisotopic (exact) mass is 285 g/mol. The maximum atomic E-state index is 13.2. The van der Waals surface area contributed by atoms with Gasteiger partial charge in [-0.2, -0.15) is 0 Å². The zero-order chi connectivity index (χ0) is 15.5. The average molecular weight is 285 g/mol. The lowest BCUT2D eigenvalue weighted by Gasteiger charge is -2.40. The van der Waals surface area contributed by atoms with E-state index >= 15 is 0 Å². The molecule has 2 unspecified atom stereocenters. The minimum Gasteiger partial charge on any atom is -0.315 e. The van der Waals surface area contributed by atoms with E-state index in [0.717, 1.165) is 18.5 Å².